The Morgan fingerprint density at radius 3 is 2.59 bits per heavy atom. The van der Waals surface area contributed by atoms with Gasteiger partial charge in [0, 0.05) is 17.7 Å². The fourth-order valence-electron chi connectivity index (χ4n) is 1.84. The molecule has 1 aliphatic heterocycles. The number of esters is 1. The van der Waals surface area contributed by atoms with Gasteiger partial charge in [0.1, 0.15) is 0 Å². The normalized spacial score (nSPS) is 12.3. The highest BCUT2D eigenvalue weighted by Gasteiger charge is 2.20. The zero-order valence-electron chi connectivity index (χ0n) is 12.2. The van der Waals surface area contributed by atoms with Gasteiger partial charge in [0.2, 0.25) is 6.79 Å². The highest BCUT2D eigenvalue weighted by Crippen LogP contribution is 2.37. The minimum absolute atomic E-state index is 0.0606. The molecule has 0 bridgehead atoms. The second kappa shape index (κ2) is 6.75. The molecule has 0 saturated carbocycles. The number of hydrogen-bond donors (Lipinski definition) is 1. The maximum absolute atomic E-state index is 11.8. The summed E-state index contributed by atoms with van der Waals surface area (Å²) in [7, 11) is 0. The Labute approximate surface area is 126 Å². The monoisotopic (exact) mass is 305 g/mol. The van der Waals surface area contributed by atoms with E-state index in [4.69, 9.17) is 14.2 Å². The van der Waals surface area contributed by atoms with E-state index in [2.05, 4.69) is 5.32 Å². The van der Waals surface area contributed by atoms with E-state index >= 15 is 0 Å². The maximum Gasteiger partial charge on any atom is 0.330 e. The van der Waals surface area contributed by atoms with Crippen molar-refractivity contribution in [2.75, 3.05) is 18.7 Å². The molecule has 0 unspecified atom stereocenters. The van der Waals surface area contributed by atoms with E-state index in [-0.39, 0.29) is 23.8 Å². The van der Waals surface area contributed by atoms with Gasteiger partial charge in [-0.15, -0.1) is 0 Å². The smallest absolute Gasteiger partial charge is 0.330 e. The Hall–Kier alpha value is -2.83. The molecule has 22 heavy (non-hydrogen) atoms. The van der Waals surface area contributed by atoms with E-state index in [0.29, 0.717) is 11.5 Å². The highest BCUT2D eigenvalue weighted by atomic mass is 16.7. The van der Waals surface area contributed by atoms with Crippen molar-refractivity contribution in [2.24, 2.45) is 0 Å². The molecule has 0 aromatic heterocycles. The van der Waals surface area contributed by atoms with E-state index in [1.807, 2.05) is 0 Å². The molecule has 1 aromatic rings. The van der Waals surface area contributed by atoms with Gasteiger partial charge >= 0.3 is 5.97 Å². The van der Waals surface area contributed by atoms with E-state index in [9.17, 15) is 14.4 Å². The zero-order chi connectivity index (χ0) is 16.1. The van der Waals surface area contributed by atoms with Crippen LogP contribution in [0.4, 0.5) is 5.69 Å². The second-order valence-electron chi connectivity index (χ2n) is 4.46. The predicted molar refractivity (Wildman–Crippen MR) is 77.0 cm³/mol. The van der Waals surface area contributed by atoms with Crippen LogP contribution in [-0.2, 0) is 14.3 Å². The van der Waals surface area contributed by atoms with Gasteiger partial charge in [-0.25, -0.2) is 4.79 Å². The molecule has 0 spiro atoms. The van der Waals surface area contributed by atoms with Crippen LogP contribution >= 0.6 is 0 Å². The lowest BCUT2D eigenvalue weighted by molar-refractivity contribution is -0.142. The number of fused-ring (bicyclic) bond motifs is 1. The van der Waals surface area contributed by atoms with Crippen LogP contribution in [-0.4, -0.2) is 31.1 Å². The molecule has 7 heteroatoms. The number of allylic oxidation sites excluding steroid dienone is 1. The molecular formula is C15H15NO6. The van der Waals surface area contributed by atoms with E-state index in [1.54, 1.807) is 6.92 Å². The molecule has 1 aromatic carbocycles. The number of hydrogen-bond acceptors (Lipinski definition) is 6. The maximum atomic E-state index is 11.8. The van der Waals surface area contributed by atoms with Crippen LogP contribution < -0.4 is 14.8 Å². The summed E-state index contributed by atoms with van der Waals surface area (Å²) in [5.74, 6) is -0.525. The van der Waals surface area contributed by atoms with Gasteiger partial charge in [-0.3, -0.25) is 9.59 Å². The minimum Gasteiger partial charge on any atom is -0.454 e. The van der Waals surface area contributed by atoms with E-state index < -0.39 is 18.5 Å². The summed E-state index contributed by atoms with van der Waals surface area (Å²) in [5, 5.41) is 2.52. The minimum atomic E-state index is -0.616. The molecule has 1 amide bonds. The van der Waals surface area contributed by atoms with Crippen LogP contribution in [0.3, 0.4) is 0 Å². The van der Waals surface area contributed by atoms with Gasteiger partial charge in [0.05, 0.1) is 5.69 Å². The van der Waals surface area contributed by atoms with E-state index in [0.717, 1.165) is 0 Å². The van der Waals surface area contributed by atoms with Crippen molar-refractivity contribution in [1.29, 1.82) is 0 Å². The summed E-state index contributed by atoms with van der Waals surface area (Å²) >= 11 is 0. The molecule has 0 aliphatic carbocycles. The van der Waals surface area contributed by atoms with Crippen molar-refractivity contribution < 1.29 is 28.6 Å². The summed E-state index contributed by atoms with van der Waals surface area (Å²) in [6, 6.07) is 3.01. The fourth-order valence-corrected chi connectivity index (χ4v) is 1.84. The first-order valence-electron chi connectivity index (χ1n) is 6.55. The van der Waals surface area contributed by atoms with Crippen molar-refractivity contribution in [3.8, 4) is 11.5 Å². The predicted octanol–water partition coefficient (Wildman–Crippen LogP) is 1.68. The molecular weight excluding hydrogens is 290 g/mol. The summed E-state index contributed by atoms with van der Waals surface area (Å²) in [6.45, 7) is 2.65. The van der Waals surface area contributed by atoms with Crippen LogP contribution in [0.25, 0.3) is 0 Å². The summed E-state index contributed by atoms with van der Waals surface area (Å²) in [5.41, 5.74) is 0.571. The first-order valence-corrected chi connectivity index (χ1v) is 6.55. The molecule has 2 rings (SSSR count). The number of ketones is 1. The highest BCUT2D eigenvalue weighted by molar-refractivity contribution is 6.05. The van der Waals surface area contributed by atoms with Crippen LogP contribution in [0.1, 0.15) is 24.2 Å². The van der Waals surface area contributed by atoms with Crippen molar-refractivity contribution in [3.05, 3.63) is 29.8 Å². The van der Waals surface area contributed by atoms with E-state index in [1.165, 1.54) is 31.2 Å². The Morgan fingerprint density at radius 2 is 1.95 bits per heavy atom. The standard InChI is InChI=1S/C15H15NO6/c1-3-4-15(19)20-7-14(18)16-11-6-13-12(21-8-22-13)5-10(11)9(2)17/h3-6H,7-8H2,1-2H3,(H,16,18)/b4-3+. The molecule has 0 atom stereocenters. The van der Waals surface area contributed by atoms with Crippen molar-refractivity contribution in [1.82, 2.24) is 0 Å². The number of nitrogens with one attached hydrogen (secondary N) is 1. The number of carbonyl (C=O) groups is 3. The number of anilines is 1. The van der Waals surface area contributed by atoms with Crippen LogP contribution in [0.15, 0.2) is 24.3 Å². The number of Topliss-reactive ketones (excluding diaryl/α,β-unsaturated/α-hetero) is 1. The number of ether oxygens (including phenoxy) is 3. The SMILES string of the molecule is C/C=C/C(=O)OCC(=O)Nc1cc2c(cc1C(C)=O)OCO2. The Kier molecular flexibility index (Phi) is 4.77. The van der Waals surface area contributed by atoms with Gasteiger partial charge in [0.15, 0.2) is 23.9 Å². The third-order valence-corrected chi connectivity index (χ3v) is 2.81. The van der Waals surface area contributed by atoms with Crippen LogP contribution in [0.2, 0.25) is 0 Å². The lowest BCUT2D eigenvalue weighted by Gasteiger charge is -2.10. The topological polar surface area (TPSA) is 90.9 Å². The quantitative estimate of drug-likeness (QED) is 0.505. The largest absolute Gasteiger partial charge is 0.454 e. The molecule has 0 radical (unpaired) electrons. The van der Waals surface area contributed by atoms with Crippen molar-refractivity contribution in [3.63, 3.8) is 0 Å². The molecule has 0 fully saturated rings. The summed E-state index contributed by atoms with van der Waals surface area (Å²) < 4.78 is 15.1. The van der Waals surface area contributed by atoms with Crippen LogP contribution in [0, 0.1) is 0 Å². The van der Waals surface area contributed by atoms with Gasteiger partial charge in [-0.1, -0.05) is 6.08 Å². The molecule has 1 N–H and O–H groups in total. The Bertz CT molecular complexity index is 650. The van der Waals surface area contributed by atoms with Crippen molar-refractivity contribution in [2.45, 2.75) is 13.8 Å². The third kappa shape index (κ3) is 3.63. The first-order chi connectivity index (χ1) is 10.5. The average Bonchev–Trinajstić information content (AvgIpc) is 2.91. The summed E-state index contributed by atoms with van der Waals surface area (Å²) in [4.78, 5) is 34.6. The number of benzene rings is 1. The fraction of sp³-hybridized carbons (Fsp3) is 0.267. The van der Waals surface area contributed by atoms with Crippen LogP contribution in [0.5, 0.6) is 11.5 Å². The second-order valence-corrected chi connectivity index (χ2v) is 4.46. The van der Waals surface area contributed by atoms with Gasteiger partial charge < -0.3 is 19.5 Å². The molecule has 1 heterocycles. The zero-order valence-corrected chi connectivity index (χ0v) is 12.2. The van der Waals surface area contributed by atoms with Gasteiger partial charge in [-0.05, 0) is 19.9 Å². The van der Waals surface area contributed by atoms with Gasteiger partial charge in [0.25, 0.3) is 5.91 Å². The Morgan fingerprint density at radius 1 is 1.27 bits per heavy atom. The summed E-state index contributed by atoms with van der Waals surface area (Å²) in [6.07, 6.45) is 2.71. The molecule has 1 aliphatic rings. The number of amides is 1. The average molecular weight is 305 g/mol. The number of carbonyl (C=O) groups excluding carboxylic acids is 3. The Balaban J connectivity index is 2.10. The lowest BCUT2D eigenvalue weighted by atomic mass is 10.1. The molecule has 7 nitrogen and oxygen atoms in total. The molecule has 0 saturated heterocycles. The molecule has 116 valence electrons. The van der Waals surface area contributed by atoms with Crippen molar-refractivity contribution >= 4 is 23.3 Å². The number of rotatable bonds is 5. The lowest BCUT2D eigenvalue weighted by Crippen LogP contribution is -2.21. The van der Waals surface area contributed by atoms with Gasteiger partial charge in [-0.2, -0.15) is 0 Å². The first kappa shape index (κ1) is 15.6. The third-order valence-electron chi connectivity index (χ3n) is 2.81.